The molecule has 1 saturated heterocycles. The Bertz CT molecular complexity index is 216. The lowest BCUT2D eigenvalue weighted by molar-refractivity contribution is -0.117. The molecular weight excluding hydrogens is 178 g/mol. The number of carbonyl (C=O) groups excluding carboxylic acids is 1. The van der Waals surface area contributed by atoms with E-state index in [0.717, 1.165) is 6.42 Å². The number of thioether (sulfide) groups is 1. The van der Waals surface area contributed by atoms with Gasteiger partial charge in [-0.05, 0) is 25.1 Å². The first kappa shape index (κ1) is 9.00. The fraction of sp³-hybridized carbons (Fsp3) is 0.714. The Morgan fingerprint density at radius 3 is 2.45 bits per heavy atom. The topological polar surface area (TPSA) is 20.3 Å². The van der Waals surface area contributed by atoms with E-state index in [1.807, 2.05) is 25.8 Å². The van der Waals surface area contributed by atoms with Crippen molar-refractivity contribution in [2.45, 2.75) is 25.8 Å². The number of carbonyl (C=O) groups is 1. The van der Waals surface area contributed by atoms with Crippen LogP contribution in [0.25, 0.3) is 0 Å². The third-order valence-electron chi connectivity index (χ3n) is 2.32. The maximum absolute atomic E-state index is 11.4. The highest BCUT2D eigenvalue weighted by molar-refractivity contribution is 8.33. The first-order valence-electron chi connectivity index (χ1n) is 3.52. The predicted molar refractivity (Wildman–Crippen MR) is 51.7 cm³/mol. The third kappa shape index (κ3) is 1.18. The van der Waals surface area contributed by atoms with Gasteiger partial charge in [-0.3, -0.25) is 4.79 Å². The van der Waals surface area contributed by atoms with E-state index in [-0.39, 0.29) is 10.7 Å². The monoisotopic (exact) mass is 189 g/mol. The van der Waals surface area contributed by atoms with Crippen LogP contribution < -0.4 is 0 Å². The van der Waals surface area contributed by atoms with Gasteiger partial charge in [-0.15, -0.1) is 0 Å². The summed E-state index contributed by atoms with van der Waals surface area (Å²) in [4.78, 5) is 13.3. The maximum Gasteiger partial charge on any atom is 0.221 e. The van der Waals surface area contributed by atoms with E-state index in [2.05, 4.69) is 0 Å². The van der Waals surface area contributed by atoms with Gasteiger partial charge in [0.15, 0.2) is 0 Å². The van der Waals surface area contributed by atoms with Gasteiger partial charge >= 0.3 is 0 Å². The molecule has 0 aromatic carbocycles. The van der Waals surface area contributed by atoms with Crippen LogP contribution in [-0.2, 0) is 4.79 Å². The second-order valence-electron chi connectivity index (χ2n) is 2.84. The molecule has 0 saturated carbocycles. The Morgan fingerprint density at radius 2 is 2.27 bits per heavy atom. The fourth-order valence-corrected chi connectivity index (χ4v) is 2.40. The number of hydrogen-bond donors (Lipinski definition) is 0. The van der Waals surface area contributed by atoms with Gasteiger partial charge in [-0.1, -0.05) is 19.1 Å². The summed E-state index contributed by atoms with van der Waals surface area (Å²) in [7, 11) is 1.88. The molecule has 0 aliphatic carbocycles. The molecule has 1 aliphatic heterocycles. The first-order chi connectivity index (χ1) is 5.02. The molecule has 1 atom stereocenters. The molecule has 4 heteroatoms. The molecule has 1 fully saturated rings. The van der Waals surface area contributed by atoms with Crippen molar-refractivity contribution in [3.63, 3.8) is 0 Å². The van der Waals surface area contributed by atoms with Gasteiger partial charge < -0.3 is 4.90 Å². The van der Waals surface area contributed by atoms with Crippen LogP contribution in [0.3, 0.4) is 0 Å². The summed E-state index contributed by atoms with van der Waals surface area (Å²) < 4.78 is 0.694. The van der Waals surface area contributed by atoms with Gasteiger partial charge in [-0.2, -0.15) is 0 Å². The molecule has 1 aliphatic rings. The van der Waals surface area contributed by atoms with E-state index in [4.69, 9.17) is 12.2 Å². The molecule has 0 aromatic rings. The van der Waals surface area contributed by atoms with Gasteiger partial charge in [-0.25, -0.2) is 0 Å². The van der Waals surface area contributed by atoms with Crippen molar-refractivity contribution in [2.24, 2.45) is 0 Å². The minimum atomic E-state index is -0.359. The van der Waals surface area contributed by atoms with Crippen molar-refractivity contribution in [2.75, 3.05) is 7.05 Å². The Hall–Kier alpha value is -0.0900. The number of rotatable bonds is 1. The quantitative estimate of drug-likeness (QED) is 0.584. The molecule has 0 aromatic heterocycles. The summed E-state index contributed by atoms with van der Waals surface area (Å²) in [5.41, 5.74) is -0.359. The first-order valence-corrected chi connectivity index (χ1v) is 4.75. The van der Waals surface area contributed by atoms with Crippen molar-refractivity contribution in [3.8, 4) is 0 Å². The van der Waals surface area contributed by atoms with Gasteiger partial charge in [0.25, 0.3) is 0 Å². The smallest absolute Gasteiger partial charge is 0.221 e. The Labute approximate surface area is 76.3 Å². The van der Waals surface area contributed by atoms with E-state index in [0.29, 0.717) is 4.32 Å². The molecule has 0 N–H and O–H groups in total. The third-order valence-corrected chi connectivity index (χ3v) is 3.92. The molecule has 0 bridgehead atoms. The zero-order valence-electron chi connectivity index (χ0n) is 6.88. The zero-order chi connectivity index (χ0) is 8.65. The summed E-state index contributed by atoms with van der Waals surface area (Å²) in [6.45, 7) is 3.94. The number of hydrogen-bond acceptors (Lipinski definition) is 3. The summed E-state index contributed by atoms with van der Waals surface area (Å²) in [6, 6.07) is 0. The predicted octanol–water partition coefficient (Wildman–Crippen LogP) is 1.65. The van der Waals surface area contributed by atoms with Crippen molar-refractivity contribution in [1.29, 1.82) is 0 Å². The average molecular weight is 189 g/mol. The lowest BCUT2D eigenvalue weighted by atomic mass is 10.00. The molecule has 11 heavy (non-hydrogen) atoms. The van der Waals surface area contributed by atoms with E-state index < -0.39 is 0 Å². The maximum atomic E-state index is 11.4. The minimum absolute atomic E-state index is 0.174. The largest absolute Gasteiger partial charge is 0.347 e. The molecule has 2 nitrogen and oxygen atoms in total. The number of thiocarbonyl (C=S) groups is 1. The van der Waals surface area contributed by atoms with Crippen molar-refractivity contribution in [3.05, 3.63) is 0 Å². The summed E-state index contributed by atoms with van der Waals surface area (Å²) >= 11 is 6.18. The van der Waals surface area contributed by atoms with Gasteiger partial charge in [0.2, 0.25) is 5.12 Å². The van der Waals surface area contributed by atoms with Crippen molar-refractivity contribution in [1.82, 2.24) is 4.90 Å². The minimum Gasteiger partial charge on any atom is -0.347 e. The van der Waals surface area contributed by atoms with Gasteiger partial charge in [0.1, 0.15) is 9.86 Å². The molecule has 62 valence electrons. The highest BCUT2D eigenvalue weighted by Gasteiger charge is 2.44. The lowest BCUT2D eigenvalue weighted by Gasteiger charge is -2.28. The van der Waals surface area contributed by atoms with Gasteiger partial charge in [0.05, 0.1) is 0 Å². The van der Waals surface area contributed by atoms with E-state index in [1.54, 1.807) is 0 Å². The molecule has 1 heterocycles. The van der Waals surface area contributed by atoms with Crippen LogP contribution in [0.15, 0.2) is 0 Å². The highest BCUT2D eigenvalue weighted by atomic mass is 32.2. The van der Waals surface area contributed by atoms with Crippen LogP contribution in [0.5, 0.6) is 0 Å². The van der Waals surface area contributed by atoms with Crippen molar-refractivity contribution >= 4 is 33.4 Å². The molecule has 0 spiro atoms. The van der Waals surface area contributed by atoms with Crippen LogP contribution in [0, 0.1) is 0 Å². The summed E-state index contributed by atoms with van der Waals surface area (Å²) in [5.74, 6) is 0. The summed E-state index contributed by atoms with van der Waals surface area (Å²) in [6.07, 6.45) is 0.815. The normalized spacial score (nSPS) is 31.7. The van der Waals surface area contributed by atoms with E-state index >= 15 is 0 Å². The molecular formula is C7H11NOS2. The van der Waals surface area contributed by atoms with Crippen LogP contribution in [-0.4, -0.2) is 26.9 Å². The van der Waals surface area contributed by atoms with Crippen molar-refractivity contribution < 1.29 is 4.79 Å². The van der Waals surface area contributed by atoms with E-state index in [9.17, 15) is 4.79 Å². The van der Waals surface area contributed by atoms with Crippen LogP contribution in [0.2, 0.25) is 0 Å². The molecule has 0 amide bonds. The number of nitrogens with zero attached hydrogens (tertiary/aromatic N) is 1. The molecule has 0 radical (unpaired) electrons. The number of likely N-dealkylation sites (N-methyl/N-ethyl adjacent to an activating group) is 1. The van der Waals surface area contributed by atoms with Gasteiger partial charge in [0, 0.05) is 7.05 Å². The average Bonchev–Trinajstić information content (AvgIpc) is 2.16. The van der Waals surface area contributed by atoms with Crippen LogP contribution >= 0.6 is 24.0 Å². The Morgan fingerprint density at radius 1 is 1.73 bits per heavy atom. The van der Waals surface area contributed by atoms with E-state index in [1.165, 1.54) is 11.8 Å². The lowest BCUT2D eigenvalue weighted by Crippen LogP contribution is -2.43. The second kappa shape index (κ2) is 2.75. The summed E-state index contributed by atoms with van der Waals surface area (Å²) in [5, 5.41) is 0.174. The van der Waals surface area contributed by atoms with Crippen LogP contribution in [0.4, 0.5) is 0 Å². The zero-order valence-corrected chi connectivity index (χ0v) is 8.51. The SMILES string of the molecule is CC[C@]1(C)C(=O)SC(=S)N1C. The molecule has 0 unspecified atom stereocenters. The molecule has 1 rings (SSSR count). The Balaban J connectivity index is 2.96. The Kier molecular flexibility index (Phi) is 2.25. The standard InChI is InChI=1S/C7H11NOS2/c1-4-7(2)5(9)11-6(10)8(7)3/h4H2,1-3H3/t7-/m1/s1. The highest BCUT2D eigenvalue weighted by Crippen LogP contribution is 2.35. The second-order valence-corrected chi connectivity index (χ2v) is 4.45. The van der Waals surface area contributed by atoms with Crippen LogP contribution in [0.1, 0.15) is 20.3 Å². The fourth-order valence-electron chi connectivity index (χ4n) is 0.978.